The molecule has 4 nitrogen and oxygen atoms in total. The van der Waals surface area contributed by atoms with E-state index in [1.54, 1.807) is 12.1 Å². The third kappa shape index (κ3) is 1.69. The van der Waals surface area contributed by atoms with Crippen molar-refractivity contribution in [2.24, 2.45) is 11.8 Å². The SMILES string of the molecule is O=C(O)c1ccc(N2CC3CC(C2)C3O)cc1. The summed E-state index contributed by atoms with van der Waals surface area (Å²) >= 11 is 0. The van der Waals surface area contributed by atoms with E-state index in [2.05, 4.69) is 4.90 Å². The summed E-state index contributed by atoms with van der Waals surface area (Å²) in [6.45, 7) is 1.76. The monoisotopic (exact) mass is 233 g/mol. The van der Waals surface area contributed by atoms with Gasteiger partial charge in [-0.25, -0.2) is 4.79 Å². The van der Waals surface area contributed by atoms with Crippen LogP contribution in [0, 0.1) is 11.8 Å². The average molecular weight is 233 g/mol. The minimum atomic E-state index is -0.895. The number of hydrogen-bond donors (Lipinski definition) is 2. The number of carboxylic acid groups (broad SMARTS) is 1. The molecular weight excluding hydrogens is 218 g/mol. The molecule has 1 saturated carbocycles. The number of benzene rings is 1. The van der Waals surface area contributed by atoms with Crippen molar-refractivity contribution in [1.82, 2.24) is 0 Å². The maximum atomic E-state index is 10.7. The Morgan fingerprint density at radius 3 is 2.24 bits per heavy atom. The fourth-order valence-corrected chi connectivity index (χ4v) is 2.89. The second kappa shape index (κ2) is 3.74. The first-order valence-electron chi connectivity index (χ1n) is 5.91. The van der Waals surface area contributed by atoms with E-state index >= 15 is 0 Å². The number of piperidine rings is 2. The summed E-state index contributed by atoms with van der Waals surface area (Å²) < 4.78 is 0. The Hall–Kier alpha value is -1.55. The second-order valence-electron chi connectivity index (χ2n) is 5.00. The van der Waals surface area contributed by atoms with Crippen molar-refractivity contribution >= 4 is 11.7 Å². The molecule has 2 heterocycles. The highest BCUT2D eigenvalue weighted by Gasteiger charge is 2.45. The third-order valence-electron chi connectivity index (χ3n) is 3.96. The highest BCUT2D eigenvalue weighted by Crippen LogP contribution is 2.41. The molecule has 4 rings (SSSR count). The van der Waals surface area contributed by atoms with Crippen LogP contribution < -0.4 is 4.90 Å². The number of fused-ring (bicyclic) bond motifs is 2. The van der Waals surface area contributed by atoms with Gasteiger partial charge in [0.2, 0.25) is 0 Å². The van der Waals surface area contributed by atoms with Crippen LogP contribution in [0.4, 0.5) is 5.69 Å². The van der Waals surface area contributed by atoms with Crippen LogP contribution in [0.5, 0.6) is 0 Å². The van der Waals surface area contributed by atoms with Crippen molar-refractivity contribution in [2.45, 2.75) is 12.5 Å². The smallest absolute Gasteiger partial charge is 0.335 e. The fraction of sp³-hybridized carbons (Fsp3) is 0.462. The predicted octanol–water partition coefficient (Wildman–Crippen LogP) is 1.20. The van der Waals surface area contributed by atoms with Crippen molar-refractivity contribution in [1.29, 1.82) is 0 Å². The first-order chi connectivity index (χ1) is 8.15. The van der Waals surface area contributed by atoms with E-state index in [0.717, 1.165) is 25.2 Å². The highest BCUT2D eigenvalue weighted by atomic mass is 16.4. The Balaban J connectivity index is 1.75. The lowest BCUT2D eigenvalue weighted by Gasteiger charge is -2.51. The molecule has 1 aliphatic carbocycles. The predicted molar refractivity (Wildman–Crippen MR) is 63.2 cm³/mol. The summed E-state index contributed by atoms with van der Waals surface area (Å²) in [6.07, 6.45) is 1.01. The van der Waals surface area contributed by atoms with Gasteiger partial charge in [-0.3, -0.25) is 0 Å². The molecule has 3 fully saturated rings. The summed E-state index contributed by atoms with van der Waals surface area (Å²) in [7, 11) is 0. The van der Waals surface area contributed by atoms with Crippen LogP contribution in [-0.2, 0) is 0 Å². The van der Waals surface area contributed by atoms with E-state index in [0.29, 0.717) is 17.4 Å². The summed E-state index contributed by atoms with van der Waals surface area (Å²) in [6, 6.07) is 6.96. The number of carbonyl (C=O) groups is 1. The molecule has 1 aromatic carbocycles. The van der Waals surface area contributed by atoms with E-state index < -0.39 is 5.97 Å². The van der Waals surface area contributed by atoms with Crippen LogP contribution in [0.2, 0.25) is 0 Å². The summed E-state index contributed by atoms with van der Waals surface area (Å²) in [5, 5.41) is 18.5. The Morgan fingerprint density at radius 1 is 1.18 bits per heavy atom. The number of aromatic carboxylic acids is 1. The van der Waals surface area contributed by atoms with Gasteiger partial charge in [0.25, 0.3) is 0 Å². The first kappa shape index (κ1) is 10.6. The van der Waals surface area contributed by atoms with Gasteiger partial charge >= 0.3 is 5.97 Å². The maximum absolute atomic E-state index is 10.7. The van der Waals surface area contributed by atoms with Crippen LogP contribution in [0.1, 0.15) is 16.8 Å². The van der Waals surface area contributed by atoms with Crippen LogP contribution in [0.3, 0.4) is 0 Å². The highest BCUT2D eigenvalue weighted by molar-refractivity contribution is 5.88. The maximum Gasteiger partial charge on any atom is 0.335 e. The molecule has 4 heteroatoms. The molecule has 0 radical (unpaired) electrons. The largest absolute Gasteiger partial charge is 0.478 e. The van der Waals surface area contributed by atoms with Gasteiger partial charge in [-0.15, -0.1) is 0 Å². The van der Waals surface area contributed by atoms with Gasteiger partial charge in [0.1, 0.15) is 0 Å². The molecule has 2 atom stereocenters. The third-order valence-corrected chi connectivity index (χ3v) is 3.96. The quantitative estimate of drug-likeness (QED) is 0.805. The molecule has 0 spiro atoms. The van der Waals surface area contributed by atoms with Crippen LogP contribution in [0.15, 0.2) is 24.3 Å². The second-order valence-corrected chi connectivity index (χ2v) is 5.00. The number of hydrogen-bond acceptors (Lipinski definition) is 3. The number of rotatable bonds is 2. The summed E-state index contributed by atoms with van der Waals surface area (Å²) in [5.41, 5.74) is 1.37. The Morgan fingerprint density at radius 2 is 1.76 bits per heavy atom. The van der Waals surface area contributed by atoms with E-state index in [4.69, 9.17) is 5.11 Å². The van der Waals surface area contributed by atoms with Crippen LogP contribution in [0.25, 0.3) is 0 Å². The minimum Gasteiger partial charge on any atom is -0.478 e. The lowest BCUT2D eigenvalue weighted by Crippen LogP contribution is -2.58. The lowest BCUT2D eigenvalue weighted by atomic mass is 9.68. The zero-order valence-corrected chi connectivity index (χ0v) is 9.41. The fourth-order valence-electron chi connectivity index (χ4n) is 2.89. The van der Waals surface area contributed by atoms with Gasteiger partial charge in [0, 0.05) is 30.6 Å². The molecule has 2 aliphatic heterocycles. The summed E-state index contributed by atoms with van der Waals surface area (Å²) in [5.74, 6) is -0.103. The van der Waals surface area contributed by atoms with E-state index in [1.165, 1.54) is 0 Å². The molecule has 2 saturated heterocycles. The topological polar surface area (TPSA) is 60.8 Å². The van der Waals surface area contributed by atoms with Crippen molar-refractivity contribution in [3.05, 3.63) is 29.8 Å². The first-order valence-corrected chi connectivity index (χ1v) is 5.91. The van der Waals surface area contributed by atoms with E-state index in [9.17, 15) is 9.90 Å². The Bertz CT molecular complexity index is 430. The van der Waals surface area contributed by atoms with Gasteiger partial charge in [0.15, 0.2) is 0 Å². The zero-order chi connectivity index (χ0) is 12.0. The number of anilines is 1. The minimum absolute atomic E-state index is 0.121. The van der Waals surface area contributed by atoms with E-state index in [-0.39, 0.29) is 6.10 Å². The number of carboxylic acids is 1. The molecule has 2 N–H and O–H groups in total. The van der Waals surface area contributed by atoms with Crippen molar-refractivity contribution in [3.63, 3.8) is 0 Å². The number of aliphatic hydroxyl groups is 1. The van der Waals surface area contributed by atoms with Crippen molar-refractivity contribution < 1.29 is 15.0 Å². The molecule has 1 aromatic rings. The lowest BCUT2D eigenvalue weighted by molar-refractivity contribution is -0.0531. The molecule has 0 aromatic heterocycles. The number of nitrogens with zero attached hydrogens (tertiary/aromatic N) is 1. The zero-order valence-electron chi connectivity index (χ0n) is 9.41. The molecular formula is C13H15NO3. The molecule has 17 heavy (non-hydrogen) atoms. The van der Waals surface area contributed by atoms with Gasteiger partial charge in [0.05, 0.1) is 11.7 Å². The van der Waals surface area contributed by atoms with Crippen LogP contribution in [-0.4, -0.2) is 35.4 Å². The van der Waals surface area contributed by atoms with Crippen molar-refractivity contribution in [3.8, 4) is 0 Å². The molecule has 0 amide bonds. The molecule has 3 aliphatic rings. The Kier molecular flexibility index (Phi) is 2.33. The van der Waals surface area contributed by atoms with Gasteiger partial charge in [-0.05, 0) is 30.7 Å². The van der Waals surface area contributed by atoms with Gasteiger partial charge < -0.3 is 15.1 Å². The van der Waals surface area contributed by atoms with Gasteiger partial charge in [-0.1, -0.05) is 0 Å². The molecule has 90 valence electrons. The molecule has 2 bridgehead atoms. The molecule has 2 unspecified atom stereocenters. The Labute approximate surface area is 99.5 Å². The standard InChI is InChI=1S/C13H15NO3/c15-12-9-5-10(12)7-14(6-9)11-3-1-8(2-4-11)13(16)17/h1-4,9-10,12,15H,5-7H2,(H,16,17). The number of aliphatic hydroxyl groups excluding tert-OH is 1. The summed E-state index contributed by atoms with van der Waals surface area (Å²) in [4.78, 5) is 13.0. The van der Waals surface area contributed by atoms with Gasteiger partial charge in [-0.2, -0.15) is 0 Å². The van der Waals surface area contributed by atoms with E-state index in [1.807, 2.05) is 12.1 Å². The van der Waals surface area contributed by atoms with Crippen molar-refractivity contribution in [2.75, 3.05) is 18.0 Å². The average Bonchev–Trinajstić information content (AvgIpc) is 2.38. The normalized spacial score (nSPS) is 30.9. The van der Waals surface area contributed by atoms with Crippen LogP contribution >= 0.6 is 0 Å².